The number of nitrogens with zero attached hydrogens (tertiary/aromatic N) is 1. The normalized spacial score (nSPS) is 11.5. The predicted octanol–water partition coefficient (Wildman–Crippen LogP) is 5.68. The molecule has 0 radical (unpaired) electrons. The number of ether oxygens (including phenoxy) is 1. The van der Waals surface area contributed by atoms with Crippen molar-refractivity contribution in [2.75, 3.05) is 18.2 Å². The van der Waals surface area contributed by atoms with Crippen LogP contribution in [0.15, 0.2) is 65.6 Å². The molecule has 1 heterocycles. The molecule has 4 nitrogen and oxygen atoms in total. The summed E-state index contributed by atoms with van der Waals surface area (Å²) in [6.07, 6.45) is 0. The van der Waals surface area contributed by atoms with Crippen molar-refractivity contribution in [1.82, 2.24) is 4.98 Å². The fraction of sp³-hybridized carbons (Fsp3) is 0.0909. The number of methoxy groups -OCH3 is 1. The van der Waals surface area contributed by atoms with Gasteiger partial charge in [0.1, 0.15) is 5.75 Å². The van der Waals surface area contributed by atoms with E-state index in [9.17, 15) is 4.79 Å². The number of aromatic nitrogens is 1. The molecule has 4 aromatic rings. The van der Waals surface area contributed by atoms with Crippen LogP contribution >= 0.6 is 23.1 Å². The monoisotopic (exact) mass is 404 g/mol. The molecule has 0 fully saturated rings. The van der Waals surface area contributed by atoms with Crippen LogP contribution in [0.1, 0.15) is 0 Å². The molecule has 0 spiro atoms. The van der Waals surface area contributed by atoms with Crippen molar-refractivity contribution in [2.24, 2.45) is 0 Å². The average Bonchev–Trinajstić information content (AvgIpc) is 3.26. The van der Waals surface area contributed by atoms with Gasteiger partial charge in [-0.1, -0.05) is 47.7 Å². The number of anilines is 1. The van der Waals surface area contributed by atoms with Crippen LogP contribution in [0.2, 0.25) is 0 Å². The Morgan fingerprint density at radius 3 is 2.57 bits per heavy atom. The van der Waals surface area contributed by atoms with Gasteiger partial charge in [-0.3, -0.25) is 4.79 Å². The molecule has 1 aliphatic rings. The lowest BCUT2D eigenvalue weighted by Crippen LogP contribution is -2.13. The quantitative estimate of drug-likeness (QED) is 0.383. The van der Waals surface area contributed by atoms with Crippen LogP contribution in [0.25, 0.3) is 32.5 Å². The first-order chi connectivity index (χ1) is 13.7. The molecular weight excluding hydrogens is 388 g/mol. The molecule has 0 unspecified atom stereocenters. The zero-order chi connectivity index (χ0) is 19.1. The molecule has 138 valence electrons. The fourth-order valence-corrected chi connectivity index (χ4v) is 5.17. The smallest absolute Gasteiger partial charge is 0.236 e. The van der Waals surface area contributed by atoms with Gasteiger partial charge in [0.15, 0.2) is 5.13 Å². The highest BCUT2D eigenvalue weighted by Gasteiger charge is 2.25. The lowest BCUT2D eigenvalue weighted by Gasteiger charge is -2.04. The number of thioether (sulfide) groups is 1. The van der Waals surface area contributed by atoms with Crippen LogP contribution in [0.3, 0.4) is 0 Å². The Bertz CT molecular complexity index is 1140. The van der Waals surface area contributed by atoms with Gasteiger partial charge in [0.25, 0.3) is 0 Å². The minimum absolute atomic E-state index is 0.0558. The van der Waals surface area contributed by atoms with Gasteiger partial charge in [-0.15, -0.1) is 11.8 Å². The molecular formula is C22H16N2O2S2. The molecule has 0 atom stereocenters. The standard InChI is InChI=1S/C22H16N2O2S2/c1-26-14-8-10-15(11-9-14)27-12-18(25)23-22-24-20-16-6-2-4-13-5-3-7-17(19(13)16)21(20)28-22/h2-11H,12H2,1H3,(H,23,24,25). The van der Waals surface area contributed by atoms with E-state index in [0.717, 1.165) is 26.8 Å². The van der Waals surface area contributed by atoms with E-state index in [1.54, 1.807) is 7.11 Å². The Balaban J connectivity index is 1.31. The van der Waals surface area contributed by atoms with E-state index >= 15 is 0 Å². The third-order valence-corrected chi connectivity index (χ3v) is 6.72. The van der Waals surface area contributed by atoms with Crippen LogP contribution in [0.4, 0.5) is 5.13 Å². The Kier molecular flexibility index (Phi) is 4.30. The number of nitrogens with one attached hydrogen (secondary N) is 1. The third kappa shape index (κ3) is 2.95. The first-order valence-corrected chi connectivity index (χ1v) is 10.6. The molecule has 3 aromatic carbocycles. The van der Waals surface area contributed by atoms with Gasteiger partial charge < -0.3 is 10.1 Å². The van der Waals surface area contributed by atoms with Crippen LogP contribution in [0, 0.1) is 0 Å². The van der Waals surface area contributed by atoms with Crippen molar-refractivity contribution in [3.63, 3.8) is 0 Å². The topological polar surface area (TPSA) is 51.2 Å². The van der Waals surface area contributed by atoms with Crippen LogP contribution in [-0.4, -0.2) is 23.8 Å². The Labute approximate surface area is 170 Å². The third-order valence-electron chi connectivity index (χ3n) is 4.71. The number of hydrogen-bond acceptors (Lipinski definition) is 5. The maximum Gasteiger partial charge on any atom is 0.236 e. The highest BCUT2D eigenvalue weighted by Crippen LogP contribution is 2.50. The summed E-state index contributed by atoms with van der Waals surface area (Å²) in [5.74, 6) is 1.09. The summed E-state index contributed by atoms with van der Waals surface area (Å²) in [4.78, 5) is 19.2. The lowest BCUT2D eigenvalue weighted by atomic mass is 10.0. The first kappa shape index (κ1) is 17.3. The highest BCUT2D eigenvalue weighted by molar-refractivity contribution is 8.00. The number of benzene rings is 3. The second-order valence-electron chi connectivity index (χ2n) is 6.42. The van der Waals surface area contributed by atoms with Crippen molar-refractivity contribution in [3.05, 3.63) is 60.7 Å². The number of carbonyl (C=O) groups is 1. The Hall–Kier alpha value is -2.83. The number of hydrogen-bond donors (Lipinski definition) is 1. The lowest BCUT2D eigenvalue weighted by molar-refractivity contribution is -0.113. The van der Waals surface area contributed by atoms with E-state index in [2.05, 4.69) is 41.7 Å². The van der Waals surface area contributed by atoms with Crippen molar-refractivity contribution in [1.29, 1.82) is 0 Å². The van der Waals surface area contributed by atoms with Gasteiger partial charge in [0, 0.05) is 16.0 Å². The summed E-state index contributed by atoms with van der Waals surface area (Å²) in [5, 5.41) is 6.08. The first-order valence-electron chi connectivity index (χ1n) is 8.83. The Morgan fingerprint density at radius 2 is 1.82 bits per heavy atom. The fourth-order valence-electron chi connectivity index (χ4n) is 3.44. The maximum absolute atomic E-state index is 12.4. The van der Waals surface area contributed by atoms with E-state index in [4.69, 9.17) is 9.72 Å². The van der Waals surface area contributed by atoms with Crippen molar-refractivity contribution in [3.8, 4) is 27.4 Å². The molecule has 6 heteroatoms. The summed E-state index contributed by atoms with van der Waals surface area (Å²) >= 11 is 3.03. The average molecular weight is 405 g/mol. The molecule has 1 aliphatic carbocycles. The van der Waals surface area contributed by atoms with E-state index in [-0.39, 0.29) is 5.91 Å². The summed E-state index contributed by atoms with van der Waals surface area (Å²) in [6.45, 7) is 0. The van der Waals surface area contributed by atoms with E-state index in [0.29, 0.717) is 10.9 Å². The number of thiazole rings is 1. The molecule has 1 amide bonds. The molecule has 0 bridgehead atoms. The SMILES string of the molecule is COc1ccc(SCC(=O)Nc2nc3c(s2)-c2cccc4cccc-3c24)cc1. The van der Waals surface area contributed by atoms with E-state index in [1.807, 2.05) is 24.3 Å². The van der Waals surface area contributed by atoms with Crippen molar-refractivity contribution < 1.29 is 9.53 Å². The van der Waals surface area contributed by atoms with Crippen molar-refractivity contribution in [2.45, 2.75) is 4.90 Å². The number of amides is 1. The zero-order valence-corrected chi connectivity index (χ0v) is 16.7. The van der Waals surface area contributed by atoms with Gasteiger partial charge in [-0.05, 0) is 35.0 Å². The summed E-state index contributed by atoms with van der Waals surface area (Å²) in [5.41, 5.74) is 3.32. The number of carbonyl (C=O) groups excluding carboxylic acids is 1. The van der Waals surface area contributed by atoms with Crippen LogP contribution < -0.4 is 10.1 Å². The summed E-state index contributed by atoms with van der Waals surface area (Å²) in [7, 11) is 1.64. The van der Waals surface area contributed by atoms with Gasteiger partial charge in [-0.25, -0.2) is 4.98 Å². The highest BCUT2D eigenvalue weighted by atomic mass is 32.2. The summed E-state index contributed by atoms with van der Waals surface area (Å²) in [6, 6.07) is 20.3. The zero-order valence-electron chi connectivity index (χ0n) is 15.1. The second-order valence-corrected chi connectivity index (χ2v) is 8.47. The van der Waals surface area contributed by atoms with E-state index < -0.39 is 0 Å². The summed E-state index contributed by atoms with van der Waals surface area (Å²) < 4.78 is 5.15. The second kappa shape index (κ2) is 6.96. The minimum atomic E-state index is -0.0558. The maximum atomic E-state index is 12.4. The largest absolute Gasteiger partial charge is 0.497 e. The molecule has 0 aliphatic heterocycles. The molecule has 1 N–H and O–H groups in total. The number of fused-ring (bicyclic) bond motifs is 3. The Morgan fingerprint density at radius 1 is 1.07 bits per heavy atom. The predicted molar refractivity (Wildman–Crippen MR) is 116 cm³/mol. The van der Waals surface area contributed by atoms with Crippen LogP contribution in [0.5, 0.6) is 5.75 Å². The molecule has 28 heavy (non-hydrogen) atoms. The van der Waals surface area contributed by atoms with Gasteiger partial charge >= 0.3 is 0 Å². The van der Waals surface area contributed by atoms with Gasteiger partial charge in [0.05, 0.1) is 23.4 Å². The van der Waals surface area contributed by atoms with Gasteiger partial charge in [-0.2, -0.15) is 0 Å². The van der Waals surface area contributed by atoms with Gasteiger partial charge in [0.2, 0.25) is 5.91 Å². The minimum Gasteiger partial charge on any atom is -0.497 e. The molecule has 5 rings (SSSR count). The molecule has 0 saturated carbocycles. The molecule has 1 aromatic heterocycles. The number of rotatable bonds is 5. The van der Waals surface area contributed by atoms with Crippen LogP contribution in [-0.2, 0) is 4.79 Å². The van der Waals surface area contributed by atoms with E-state index in [1.165, 1.54) is 39.4 Å². The van der Waals surface area contributed by atoms with Crippen molar-refractivity contribution >= 4 is 44.9 Å². The molecule has 0 saturated heterocycles.